The molecule has 10 nitrogen and oxygen atoms in total. The maximum absolute atomic E-state index is 12.0. The molecule has 2 N–H and O–H groups in total. The predicted molar refractivity (Wildman–Crippen MR) is 271 cm³/mol. The van der Waals surface area contributed by atoms with Gasteiger partial charge in [0, 0.05) is 105 Å². The Labute approximate surface area is 394 Å². The predicted octanol–water partition coefficient (Wildman–Crippen LogP) is 6.52. The number of hydrogen-bond donors (Lipinski definition) is 2. The summed E-state index contributed by atoms with van der Waals surface area (Å²) in [5.74, 6) is 0.0160. The molecule has 0 bridgehead atoms. The van der Waals surface area contributed by atoms with Crippen LogP contribution >= 0.6 is 45.2 Å². The lowest BCUT2D eigenvalue weighted by atomic mass is 8.64. The zero-order chi connectivity index (χ0) is 44.6. The second-order valence-corrected chi connectivity index (χ2v) is 13.8. The molecule has 11 radical (unpaired) electrons. The highest BCUT2D eigenvalue weighted by Crippen LogP contribution is 2.32. The van der Waals surface area contributed by atoms with Crippen LogP contribution in [-0.2, 0) is 18.9 Å². The fourth-order valence-electron chi connectivity index (χ4n) is 4.99. The van der Waals surface area contributed by atoms with E-state index >= 15 is 0 Å². The summed E-state index contributed by atoms with van der Waals surface area (Å²) in [6, 6.07) is 11.3. The quantitative estimate of drug-likeness (QED) is 0.0424. The second kappa shape index (κ2) is 30.1. The largest absolute Gasteiger partial charge is 0.488 e. The van der Waals surface area contributed by atoms with Crippen LogP contribution < -0.4 is 4.74 Å². The first-order valence-corrected chi connectivity index (χ1v) is 20.5. The van der Waals surface area contributed by atoms with Crippen molar-refractivity contribution in [1.29, 1.82) is 0 Å². The third-order valence-electron chi connectivity index (χ3n) is 7.63. The van der Waals surface area contributed by atoms with E-state index < -0.39 is 19.1 Å². The molecule has 3 heterocycles. The van der Waals surface area contributed by atoms with Gasteiger partial charge in [-0.1, -0.05) is 18.9 Å². The number of carbonyl (C=O) groups excluding carboxylic acids is 2. The highest BCUT2D eigenvalue weighted by atomic mass is 127. The lowest BCUT2D eigenvalue weighted by molar-refractivity contribution is -0.152. The van der Waals surface area contributed by atoms with Crippen molar-refractivity contribution in [3.8, 4) is 5.75 Å². The number of nitrogens with one attached hydrogen (secondary N) is 2. The number of carbonyl (C=O) groups is 2. The summed E-state index contributed by atoms with van der Waals surface area (Å²) >= 11 is 4.30. The molecule has 299 valence electrons. The highest BCUT2D eigenvalue weighted by molar-refractivity contribution is 14.1. The molecule has 2 aromatic carbocycles. The smallest absolute Gasteiger partial charge is 0.355 e. The van der Waals surface area contributed by atoms with Gasteiger partial charge in [-0.05, 0) is 151 Å². The van der Waals surface area contributed by atoms with E-state index in [9.17, 15) is 9.59 Å². The van der Waals surface area contributed by atoms with Crippen molar-refractivity contribution in [2.45, 2.75) is 41.4 Å². The summed E-state index contributed by atoms with van der Waals surface area (Å²) in [6.45, 7) is 16.1. The summed E-state index contributed by atoms with van der Waals surface area (Å²) in [5, 5.41) is 2.93. The molecular formula is C40H40B9I2N2O8. The van der Waals surface area contributed by atoms with E-state index in [2.05, 4.69) is 108 Å². The minimum absolute atomic E-state index is 0. The first-order chi connectivity index (χ1) is 28.8. The van der Waals surface area contributed by atoms with Gasteiger partial charge < -0.3 is 38.1 Å². The summed E-state index contributed by atoms with van der Waals surface area (Å²) in [5.41, 5.74) is 20.5. The Morgan fingerprint density at radius 1 is 0.770 bits per heavy atom. The van der Waals surface area contributed by atoms with E-state index in [0.29, 0.717) is 50.2 Å². The van der Waals surface area contributed by atoms with Gasteiger partial charge in [-0.2, -0.15) is 0 Å². The van der Waals surface area contributed by atoms with Crippen molar-refractivity contribution < 1.29 is 37.7 Å². The standard InChI is InChI=1S/C17H22INO5.C13H10INO3.C9H4.CH4.B9/c1-4-21-14(22-5-2)10-24-11-7-8-13-12(9-11)15(18)16(19-13)17(20)23-6-3;1-2-17-13(16)12-11(14)10-7-5-6-18-9(7)4-3-8(10)15-12;1-3-5-7-9-8-6-4-2;;1-6-9(7(2)3)8(4)5/h7-9,14,19H,4-6,10H2,1-3H3;3-6,15H,2H2,1H3;1-2H2;1H4;. The van der Waals surface area contributed by atoms with Crippen LogP contribution in [0.15, 0.2) is 100 Å². The van der Waals surface area contributed by atoms with Gasteiger partial charge in [0.25, 0.3) is 0 Å². The zero-order valence-electron chi connectivity index (χ0n) is 33.8. The number of aromatic amines is 2. The molecule has 5 aromatic rings. The van der Waals surface area contributed by atoms with Crippen molar-refractivity contribution in [3.05, 3.63) is 114 Å². The van der Waals surface area contributed by atoms with Gasteiger partial charge in [0.15, 0.2) is 6.29 Å². The average Bonchev–Trinajstić information content (AvgIpc) is 3.93. The van der Waals surface area contributed by atoms with Crippen molar-refractivity contribution >= 4 is 155 Å². The summed E-state index contributed by atoms with van der Waals surface area (Å²) in [4.78, 5) is 30.0. The molecule has 61 heavy (non-hydrogen) atoms. The maximum Gasteiger partial charge on any atom is 0.355 e. The molecule has 0 fully saturated rings. The number of halogens is 2. The Morgan fingerprint density at radius 3 is 1.79 bits per heavy atom. The molecule has 0 amide bonds. The van der Waals surface area contributed by atoms with Gasteiger partial charge >= 0.3 is 11.9 Å². The number of esters is 2. The van der Waals surface area contributed by atoms with Gasteiger partial charge in [0.2, 0.25) is 0 Å². The minimum Gasteiger partial charge on any atom is -0.488 e. The van der Waals surface area contributed by atoms with Crippen molar-refractivity contribution in [3.63, 3.8) is 0 Å². The fourth-order valence-corrected chi connectivity index (χ4v) is 6.73. The van der Waals surface area contributed by atoms with Crippen molar-refractivity contribution in [2.24, 2.45) is 0 Å². The Hall–Kier alpha value is -4.04. The van der Waals surface area contributed by atoms with Gasteiger partial charge in [-0.25, -0.2) is 9.59 Å². The summed E-state index contributed by atoms with van der Waals surface area (Å²) < 4.78 is 33.8. The molecule has 0 aliphatic carbocycles. The van der Waals surface area contributed by atoms with E-state index in [-0.39, 0.29) is 25.8 Å². The van der Waals surface area contributed by atoms with Crippen LogP contribution in [0.25, 0.3) is 32.8 Å². The maximum atomic E-state index is 12.0. The number of furan rings is 1. The van der Waals surface area contributed by atoms with E-state index in [0.717, 1.165) is 39.9 Å². The van der Waals surface area contributed by atoms with E-state index in [1.165, 1.54) is 7.06 Å². The Bertz CT molecular complexity index is 2400. The van der Waals surface area contributed by atoms with Gasteiger partial charge in [0.1, 0.15) is 29.3 Å². The van der Waals surface area contributed by atoms with Gasteiger partial charge in [0.05, 0.1) is 26.6 Å². The molecule has 0 aliphatic rings. The number of hydrogen-bond acceptors (Lipinski definition) is 8. The number of ether oxygens (including phenoxy) is 5. The number of benzene rings is 2. The molecule has 0 saturated heterocycles. The molecule has 5 rings (SSSR count). The first-order valence-electron chi connectivity index (χ1n) is 18.4. The van der Waals surface area contributed by atoms with Crippen molar-refractivity contribution in [2.75, 3.05) is 33.0 Å². The lowest BCUT2D eigenvalue weighted by Gasteiger charge is -2.17. The SMILES string of the molecule is C.C=C=C=C=C=C=C=C=C.CCOC(=O)c1[nH]c2ccc(OCC(OCC)OCC)cc2c1I.CCOC(=O)c1[nH]c2ccc3occc3c2c1I.[B][B]B(B([B])[B])B([B])[B]. The number of rotatable bonds is 14. The average molecular weight is 1030 g/mol. The molecular weight excluding hydrogens is 988 g/mol. The lowest BCUT2D eigenvalue weighted by Crippen LogP contribution is -2.55. The summed E-state index contributed by atoms with van der Waals surface area (Å²) in [7, 11) is 27.5. The topological polar surface area (TPSA) is 125 Å². The zero-order valence-corrected chi connectivity index (χ0v) is 38.1. The van der Waals surface area contributed by atoms with Crippen LogP contribution in [0.2, 0.25) is 0 Å². The highest BCUT2D eigenvalue weighted by Gasteiger charge is 2.21. The Morgan fingerprint density at radius 2 is 1.30 bits per heavy atom. The Kier molecular flexibility index (Phi) is 27.1. The monoisotopic (exact) mass is 1030 g/mol. The third kappa shape index (κ3) is 17.3. The normalized spacial score (nSPS) is 9.43. The third-order valence-corrected chi connectivity index (χ3v) is 9.83. The molecule has 21 heteroatoms. The molecule has 0 aliphatic heterocycles. The molecule has 0 saturated carbocycles. The molecule has 0 unspecified atom stereocenters. The van der Waals surface area contributed by atoms with E-state index in [1.807, 2.05) is 50.2 Å². The molecule has 3 aromatic heterocycles. The first kappa shape index (κ1) is 55.0. The van der Waals surface area contributed by atoms with Gasteiger partial charge in [-0.15, -0.1) is 0 Å². The van der Waals surface area contributed by atoms with Crippen LogP contribution in [0.1, 0.15) is 56.1 Å². The molecule has 0 spiro atoms. The molecule has 0 atom stereocenters. The van der Waals surface area contributed by atoms with Gasteiger partial charge in [-0.3, -0.25) is 0 Å². The van der Waals surface area contributed by atoms with Crippen LogP contribution in [0, 0.1) is 7.14 Å². The number of H-pyrrole nitrogens is 2. The fraction of sp³-hybridized carbons (Fsp3) is 0.275. The van der Waals surface area contributed by atoms with Crippen molar-refractivity contribution in [1.82, 2.24) is 9.97 Å². The van der Waals surface area contributed by atoms with Crippen LogP contribution in [0.3, 0.4) is 0 Å². The Balaban J connectivity index is 0.000000442. The summed E-state index contributed by atoms with van der Waals surface area (Å²) in [6.07, 6.45) is -0.205. The van der Waals surface area contributed by atoms with E-state index in [1.54, 1.807) is 20.1 Å². The second-order valence-electron chi connectivity index (χ2n) is 11.7. The number of aromatic nitrogens is 2. The number of fused-ring (bicyclic) bond motifs is 4. The van der Waals surface area contributed by atoms with Crippen LogP contribution in [0.4, 0.5) is 0 Å². The van der Waals surface area contributed by atoms with E-state index in [4.69, 9.17) is 66.8 Å². The van der Waals surface area contributed by atoms with Crippen LogP contribution in [-0.4, -0.2) is 126 Å². The van der Waals surface area contributed by atoms with Crippen LogP contribution in [0.5, 0.6) is 5.75 Å². The minimum atomic E-state index is -0.574.